The van der Waals surface area contributed by atoms with Gasteiger partial charge in [0.25, 0.3) is 0 Å². The van der Waals surface area contributed by atoms with Crippen LogP contribution in [0.2, 0.25) is 0 Å². The van der Waals surface area contributed by atoms with Gasteiger partial charge in [0.2, 0.25) is 5.91 Å². The molecule has 0 heterocycles. The molecule has 2 unspecified atom stereocenters. The monoisotopic (exact) mass is 1150 g/mol. The van der Waals surface area contributed by atoms with Gasteiger partial charge in [-0.25, -0.2) is 0 Å². The van der Waals surface area contributed by atoms with Gasteiger partial charge in [-0.1, -0.05) is 345 Å². The molecule has 0 aliphatic carbocycles. The first-order chi connectivity index (χ1) is 40.5. The zero-order valence-corrected chi connectivity index (χ0v) is 55.2. The molecular formula is C76H143NO5. The molecule has 0 saturated carbocycles. The molecular weight excluding hydrogens is 1010 g/mol. The number of esters is 1. The van der Waals surface area contributed by atoms with Crippen molar-refractivity contribution in [1.82, 2.24) is 5.32 Å². The molecule has 0 rings (SSSR count). The van der Waals surface area contributed by atoms with Crippen LogP contribution in [0.4, 0.5) is 0 Å². The Morgan fingerprint density at radius 1 is 0.341 bits per heavy atom. The molecule has 0 bridgehead atoms. The molecule has 6 nitrogen and oxygen atoms in total. The zero-order chi connectivity index (χ0) is 59.2. The summed E-state index contributed by atoms with van der Waals surface area (Å²) in [6.07, 6.45) is 93.4. The quantitative estimate of drug-likeness (QED) is 0.0320. The largest absolute Gasteiger partial charge is 0.466 e. The maximum absolute atomic E-state index is 12.5. The fraction of sp³-hybridized carbons (Fsp3) is 0.868. The van der Waals surface area contributed by atoms with Crippen molar-refractivity contribution >= 4 is 11.9 Å². The van der Waals surface area contributed by atoms with E-state index in [9.17, 15) is 19.8 Å². The van der Waals surface area contributed by atoms with E-state index in [0.717, 1.165) is 51.4 Å². The van der Waals surface area contributed by atoms with Crippen LogP contribution in [-0.2, 0) is 14.3 Å². The van der Waals surface area contributed by atoms with Crippen LogP contribution in [0.5, 0.6) is 0 Å². The van der Waals surface area contributed by atoms with E-state index < -0.39 is 12.1 Å². The summed E-state index contributed by atoms with van der Waals surface area (Å²) in [6.45, 7) is 4.91. The highest BCUT2D eigenvalue weighted by molar-refractivity contribution is 5.76. The average Bonchev–Trinajstić information content (AvgIpc) is 3.48. The first-order valence-electron chi connectivity index (χ1n) is 36.9. The summed E-state index contributed by atoms with van der Waals surface area (Å²) in [5, 5.41) is 23.3. The summed E-state index contributed by atoms with van der Waals surface area (Å²) in [5.41, 5.74) is 0. The SMILES string of the molecule is CCCCCC/C=C\C/C=C\CCCCCCCC(=O)OCCCCCCCCCCCCCC/C=C\CCCCCCCCCCC(=O)NC(CO)C(O)/C=C/CCCCCCCCCCCCCCCCCCCCCCCCC. The molecule has 0 aliphatic heterocycles. The second-order valence-electron chi connectivity index (χ2n) is 25.3. The van der Waals surface area contributed by atoms with E-state index in [1.54, 1.807) is 6.08 Å². The van der Waals surface area contributed by atoms with Gasteiger partial charge in [0.05, 0.1) is 25.4 Å². The first kappa shape index (κ1) is 79.8. The molecule has 482 valence electrons. The van der Waals surface area contributed by atoms with Gasteiger partial charge >= 0.3 is 5.97 Å². The maximum atomic E-state index is 12.5. The number of amides is 1. The van der Waals surface area contributed by atoms with Crippen LogP contribution < -0.4 is 5.32 Å². The number of aliphatic hydroxyl groups is 2. The molecule has 6 heteroatoms. The van der Waals surface area contributed by atoms with E-state index in [1.807, 2.05) is 6.08 Å². The number of carbonyl (C=O) groups excluding carboxylic acids is 2. The Bertz CT molecular complexity index is 1370. The third kappa shape index (κ3) is 67.0. The Balaban J connectivity index is 3.44. The highest BCUT2D eigenvalue weighted by atomic mass is 16.5. The molecule has 0 fully saturated rings. The van der Waals surface area contributed by atoms with Gasteiger partial charge in [0.1, 0.15) is 0 Å². The molecule has 3 N–H and O–H groups in total. The smallest absolute Gasteiger partial charge is 0.305 e. The van der Waals surface area contributed by atoms with E-state index in [2.05, 4.69) is 55.6 Å². The average molecular weight is 1150 g/mol. The lowest BCUT2D eigenvalue weighted by molar-refractivity contribution is -0.143. The van der Waals surface area contributed by atoms with Crippen LogP contribution in [0, 0.1) is 0 Å². The molecule has 0 aromatic heterocycles. The van der Waals surface area contributed by atoms with Gasteiger partial charge in [-0.05, 0) is 89.9 Å². The molecule has 0 spiro atoms. The Morgan fingerprint density at radius 3 is 0.951 bits per heavy atom. The Hall–Kier alpha value is -2.18. The summed E-state index contributed by atoms with van der Waals surface area (Å²) in [5.74, 6) is -0.0699. The number of allylic oxidation sites excluding steroid dienone is 7. The van der Waals surface area contributed by atoms with Crippen LogP contribution in [0.3, 0.4) is 0 Å². The molecule has 0 aromatic rings. The minimum absolute atomic E-state index is 0.00103. The molecule has 1 amide bonds. The Morgan fingerprint density at radius 2 is 0.610 bits per heavy atom. The lowest BCUT2D eigenvalue weighted by atomic mass is 10.0. The second kappa shape index (κ2) is 71.3. The zero-order valence-electron chi connectivity index (χ0n) is 55.2. The summed E-state index contributed by atoms with van der Waals surface area (Å²) in [7, 11) is 0. The maximum Gasteiger partial charge on any atom is 0.305 e. The third-order valence-corrected chi connectivity index (χ3v) is 17.1. The predicted molar refractivity (Wildman–Crippen MR) is 361 cm³/mol. The van der Waals surface area contributed by atoms with Crippen LogP contribution >= 0.6 is 0 Å². The highest BCUT2D eigenvalue weighted by Crippen LogP contribution is 2.18. The number of hydrogen-bond acceptors (Lipinski definition) is 5. The van der Waals surface area contributed by atoms with Crippen LogP contribution in [0.25, 0.3) is 0 Å². The van der Waals surface area contributed by atoms with Crippen molar-refractivity contribution in [3.8, 4) is 0 Å². The van der Waals surface area contributed by atoms with E-state index in [4.69, 9.17) is 4.74 Å². The Labute approximate surface area is 512 Å². The van der Waals surface area contributed by atoms with Gasteiger partial charge in [-0.15, -0.1) is 0 Å². The van der Waals surface area contributed by atoms with Crippen molar-refractivity contribution in [2.24, 2.45) is 0 Å². The summed E-state index contributed by atoms with van der Waals surface area (Å²) < 4.78 is 5.49. The number of aliphatic hydroxyl groups excluding tert-OH is 2. The summed E-state index contributed by atoms with van der Waals surface area (Å²) in [4.78, 5) is 24.6. The van der Waals surface area contributed by atoms with E-state index >= 15 is 0 Å². The minimum Gasteiger partial charge on any atom is -0.466 e. The van der Waals surface area contributed by atoms with Gasteiger partial charge in [0.15, 0.2) is 0 Å². The summed E-state index contributed by atoms with van der Waals surface area (Å²) in [6, 6.07) is -0.634. The van der Waals surface area contributed by atoms with Crippen molar-refractivity contribution in [2.45, 2.75) is 411 Å². The van der Waals surface area contributed by atoms with Crippen molar-refractivity contribution in [1.29, 1.82) is 0 Å². The van der Waals surface area contributed by atoms with Crippen molar-refractivity contribution in [3.05, 3.63) is 48.6 Å². The van der Waals surface area contributed by atoms with Crippen molar-refractivity contribution in [2.75, 3.05) is 13.2 Å². The van der Waals surface area contributed by atoms with Crippen LogP contribution in [-0.4, -0.2) is 47.4 Å². The molecule has 2 atom stereocenters. The van der Waals surface area contributed by atoms with Gasteiger partial charge in [-0.3, -0.25) is 9.59 Å². The number of carbonyl (C=O) groups is 2. The number of nitrogens with one attached hydrogen (secondary N) is 1. The second-order valence-corrected chi connectivity index (χ2v) is 25.3. The number of unbranched alkanes of at least 4 members (excludes halogenated alkanes) is 52. The molecule has 0 radical (unpaired) electrons. The number of ether oxygens (including phenoxy) is 1. The number of rotatable bonds is 69. The van der Waals surface area contributed by atoms with E-state index in [-0.39, 0.29) is 18.5 Å². The normalized spacial score (nSPS) is 12.8. The molecule has 0 aromatic carbocycles. The topological polar surface area (TPSA) is 95.9 Å². The highest BCUT2D eigenvalue weighted by Gasteiger charge is 2.18. The van der Waals surface area contributed by atoms with E-state index in [1.165, 1.54) is 321 Å². The fourth-order valence-electron chi connectivity index (χ4n) is 11.4. The minimum atomic E-state index is -0.850. The molecule has 0 saturated heterocycles. The standard InChI is InChI=1S/C76H143NO5/c1-3-5-7-9-11-13-15-17-19-21-22-23-24-25-28-31-34-37-40-44-48-52-56-60-64-68-74(79)73(72-78)77-75(80)69-65-61-57-53-49-45-41-38-35-32-29-26-27-30-33-36-39-43-47-51-55-59-63-67-71-82-76(81)70-66-62-58-54-50-46-42-20-18-16-14-12-10-8-6-4-2/h14,16,20,29,32,42,64,68,73-74,78-79H,3-13,15,17-19,21-28,30-31,33-41,43-63,65-67,69-72H2,1-2H3,(H,77,80)/b16-14-,32-29-,42-20-,68-64+. The third-order valence-electron chi connectivity index (χ3n) is 17.1. The van der Waals surface area contributed by atoms with Gasteiger partial charge < -0.3 is 20.3 Å². The molecule has 0 aliphatic rings. The van der Waals surface area contributed by atoms with Crippen LogP contribution in [0.15, 0.2) is 48.6 Å². The van der Waals surface area contributed by atoms with Crippen LogP contribution in [0.1, 0.15) is 399 Å². The van der Waals surface area contributed by atoms with Gasteiger partial charge in [0, 0.05) is 12.8 Å². The van der Waals surface area contributed by atoms with Crippen molar-refractivity contribution in [3.63, 3.8) is 0 Å². The van der Waals surface area contributed by atoms with E-state index in [0.29, 0.717) is 19.4 Å². The molecule has 82 heavy (non-hydrogen) atoms. The predicted octanol–water partition coefficient (Wildman–Crippen LogP) is 24.0. The summed E-state index contributed by atoms with van der Waals surface area (Å²) >= 11 is 0. The number of hydrogen-bond donors (Lipinski definition) is 3. The van der Waals surface area contributed by atoms with Gasteiger partial charge in [-0.2, -0.15) is 0 Å². The Kier molecular flexibility index (Phi) is 69.4. The fourth-order valence-corrected chi connectivity index (χ4v) is 11.4. The lowest BCUT2D eigenvalue weighted by Crippen LogP contribution is -2.45. The lowest BCUT2D eigenvalue weighted by Gasteiger charge is -2.20. The first-order valence-corrected chi connectivity index (χ1v) is 36.9. The van der Waals surface area contributed by atoms with Crippen molar-refractivity contribution < 1.29 is 24.5 Å².